The fraction of sp³-hybridized carbons (Fsp3) is 0.0769. The van der Waals surface area contributed by atoms with Crippen molar-refractivity contribution in [2.45, 2.75) is 0 Å². The molecule has 0 amide bonds. The van der Waals surface area contributed by atoms with Gasteiger partial charge in [-0.1, -0.05) is 6.07 Å². The number of benzene rings is 1. The molecule has 19 heavy (non-hydrogen) atoms. The van der Waals surface area contributed by atoms with E-state index in [-0.39, 0.29) is 11.3 Å². The summed E-state index contributed by atoms with van der Waals surface area (Å²) >= 11 is 0. The van der Waals surface area contributed by atoms with Gasteiger partial charge in [0.05, 0.1) is 18.4 Å². The van der Waals surface area contributed by atoms with E-state index in [0.717, 1.165) is 0 Å². The smallest absolute Gasteiger partial charge is 0.337 e. The lowest BCUT2D eigenvalue weighted by molar-refractivity contribution is 0.0698. The van der Waals surface area contributed by atoms with Crippen LogP contribution in [-0.2, 0) is 0 Å². The molecule has 0 aliphatic carbocycles. The lowest BCUT2D eigenvalue weighted by Crippen LogP contribution is -2.07. The van der Waals surface area contributed by atoms with Crippen LogP contribution in [0.5, 0.6) is 5.75 Å². The van der Waals surface area contributed by atoms with Crippen LogP contribution in [0.1, 0.15) is 10.4 Å². The normalized spacial score (nSPS) is 9.95. The molecule has 0 saturated carbocycles. The van der Waals surface area contributed by atoms with Crippen molar-refractivity contribution in [2.24, 2.45) is 0 Å². The van der Waals surface area contributed by atoms with E-state index in [0.29, 0.717) is 17.3 Å². The fourth-order valence-electron chi connectivity index (χ4n) is 1.60. The first kappa shape index (κ1) is 12.7. The standard InChI is InChI=1S/C13H13N3O3/c1-19-9-4-2-3-8(7-9)16-12-11(14)10(13(17)18)5-6-15-12/h2-7H,14H2,1H3,(H,15,16)(H,17,18). The van der Waals surface area contributed by atoms with E-state index in [1.807, 2.05) is 0 Å². The second-order valence-corrected chi connectivity index (χ2v) is 3.78. The Morgan fingerprint density at radius 2 is 2.21 bits per heavy atom. The summed E-state index contributed by atoms with van der Waals surface area (Å²) in [6.07, 6.45) is 1.39. The van der Waals surface area contributed by atoms with E-state index >= 15 is 0 Å². The van der Waals surface area contributed by atoms with E-state index in [2.05, 4.69) is 10.3 Å². The lowest BCUT2D eigenvalue weighted by atomic mass is 10.2. The Bertz CT molecular complexity index is 614. The number of hydrogen-bond donors (Lipinski definition) is 3. The van der Waals surface area contributed by atoms with Crippen molar-refractivity contribution in [1.29, 1.82) is 0 Å². The van der Waals surface area contributed by atoms with Gasteiger partial charge in [0.2, 0.25) is 0 Å². The summed E-state index contributed by atoms with van der Waals surface area (Å²) in [5.74, 6) is -0.111. The number of nitrogens with one attached hydrogen (secondary N) is 1. The molecule has 0 aliphatic rings. The van der Waals surface area contributed by atoms with Gasteiger partial charge in [0.25, 0.3) is 0 Å². The van der Waals surface area contributed by atoms with Crippen molar-refractivity contribution >= 4 is 23.2 Å². The maximum atomic E-state index is 11.0. The van der Waals surface area contributed by atoms with Crippen molar-refractivity contribution in [1.82, 2.24) is 4.98 Å². The molecule has 0 unspecified atom stereocenters. The van der Waals surface area contributed by atoms with E-state index in [1.54, 1.807) is 31.4 Å². The zero-order valence-electron chi connectivity index (χ0n) is 10.3. The van der Waals surface area contributed by atoms with Gasteiger partial charge < -0.3 is 20.9 Å². The molecule has 1 heterocycles. The molecule has 6 nitrogen and oxygen atoms in total. The highest BCUT2D eigenvalue weighted by Crippen LogP contribution is 2.25. The number of pyridine rings is 1. The molecule has 4 N–H and O–H groups in total. The molecule has 0 fully saturated rings. The summed E-state index contributed by atoms with van der Waals surface area (Å²) in [4.78, 5) is 15.0. The summed E-state index contributed by atoms with van der Waals surface area (Å²) in [7, 11) is 1.57. The third-order valence-electron chi connectivity index (χ3n) is 2.55. The first-order valence-electron chi connectivity index (χ1n) is 5.50. The van der Waals surface area contributed by atoms with Crippen LogP contribution in [0.15, 0.2) is 36.5 Å². The largest absolute Gasteiger partial charge is 0.497 e. The Kier molecular flexibility index (Phi) is 3.51. The second kappa shape index (κ2) is 5.26. The number of carboxylic acids is 1. The van der Waals surface area contributed by atoms with Gasteiger partial charge >= 0.3 is 5.97 Å². The number of nitrogens with zero attached hydrogens (tertiary/aromatic N) is 1. The third kappa shape index (κ3) is 2.74. The maximum Gasteiger partial charge on any atom is 0.337 e. The van der Waals surface area contributed by atoms with Crippen LogP contribution >= 0.6 is 0 Å². The van der Waals surface area contributed by atoms with Crippen LogP contribution in [0.2, 0.25) is 0 Å². The van der Waals surface area contributed by atoms with E-state index in [1.165, 1.54) is 12.3 Å². The molecule has 0 atom stereocenters. The Morgan fingerprint density at radius 1 is 1.42 bits per heavy atom. The first-order valence-corrected chi connectivity index (χ1v) is 5.50. The number of carbonyl (C=O) groups is 1. The van der Waals surface area contributed by atoms with Crippen LogP contribution in [0.25, 0.3) is 0 Å². The van der Waals surface area contributed by atoms with E-state index < -0.39 is 5.97 Å². The Labute approximate surface area is 109 Å². The number of hydrogen-bond acceptors (Lipinski definition) is 5. The van der Waals surface area contributed by atoms with Gasteiger partial charge in [-0.15, -0.1) is 0 Å². The van der Waals surface area contributed by atoms with Gasteiger partial charge in [0.15, 0.2) is 5.82 Å². The number of aromatic carboxylic acids is 1. The molecular formula is C13H13N3O3. The number of carboxylic acid groups (broad SMARTS) is 1. The van der Waals surface area contributed by atoms with Gasteiger partial charge in [0, 0.05) is 18.0 Å². The van der Waals surface area contributed by atoms with Crippen LogP contribution in [-0.4, -0.2) is 23.2 Å². The fourth-order valence-corrected chi connectivity index (χ4v) is 1.60. The summed E-state index contributed by atoms with van der Waals surface area (Å²) in [6, 6.07) is 8.52. The zero-order valence-corrected chi connectivity index (χ0v) is 10.3. The topological polar surface area (TPSA) is 97.5 Å². The van der Waals surface area contributed by atoms with E-state index in [4.69, 9.17) is 15.6 Å². The minimum atomic E-state index is -1.09. The molecule has 1 aromatic carbocycles. The number of rotatable bonds is 4. The van der Waals surface area contributed by atoms with Crippen molar-refractivity contribution in [3.63, 3.8) is 0 Å². The average Bonchev–Trinajstić information content (AvgIpc) is 2.41. The summed E-state index contributed by atoms with van der Waals surface area (Å²) in [5, 5.41) is 11.9. The molecule has 0 bridgehead atoms. The van der Waals surface area contributed by atoms with Crippen LogP contribution in [0.3, 0.4) is 0 Å². The summed E-state index contributed by atoms with van der Waals surface area (Å²) < 4.78 is 5.10. The van der Waals surface area contributed by atoms with Crippen molar-refractivity contribution in [3.05, 3.63) is 42.1 Å². The molecule has 98 valence electrons. The molecule has 0 aliphatic heterocycles. The average molecular weight is 259 g/mol. The molecule has 0 spiro atoms. The number of anilines is 3. The molecule has 2 rings (SSSR count). The van der Waals surface area contributed by atoms with Crippen LogP contribution in [0.4, 0.5) is 17.2 Å². The zero-order chi connectivity index (χ0) is 13.8. The molecular weight excluding hydrogens is 246 g/mol. The van der Waals surface area contributed by atoms with Crippen molar-refractivity contribution in [2.75, 3.05) is 18.2 Å². The minimum Gasteiger partial charge on any atom is -0.497 e. The summed E-state index contributed by atoms with van der Waals surface area (Å²) in [5.41, 5.74) is 6.58. The quantitative estimate of drug-likeness (QED) is 0.778. The maximum absolute atomic E-state index is 11.0. The lowest BCUT2D eigenvalue weighted by Gasteiger charge is -2.10. The van der Waals surface area contributed by atoms with Gasteiger partial charge in [-0.25, -0.2) is 9.78 Å². The highest BCUT2D eigenvalue weighted by molar-refractivity contribution is 5.96. The van der Waals surface area contributed by atoms with Crippen molar-refractivity contribution < 1.29 is 14.6 Å². The van der Waals surface area contributed by atoms with Crippen molar-refractivity contribution in [3.8, 4) is 5.75 Å². The predicted molar refractivity (Wildman–Crippen MR) is 71.9 cm³/mol. The van der Waals surface area contributed by atoms with E-state index in [9.17, 15) is 4.79 Å². The number of aromatic nitrogens is 1. The number of nitrogens with two attached hydrogens (primary N) is 1. The first-order chi connectivity index (χ1) is 9.11. The Hall–Kier alpha value is -2.76. The van der Waals surface area contributed by atoms with Gasteiger partial charge in [-0.2, -0.15) is 0 Å². The number of nitrogen functional groups attached to an aromatic ring is 1. The molecule has 0 saturated heterocycles. The minimum absolute atomic E-state index is 0.0143. The Morgan fingerprint density at radius 3 is 2.89 bits per heavy atom. The second-order valence-electron chi connectivity index (χ2n) is 3.78. The highest BCUT2D eigenvalue weighted by atomic mass is 16.5. The Balaban J connectivity index is 2.33. The monoisotopic (exact) mass is 259 g/mol. The van der Waals surface area contributed by atoms with Crippen LogP contribution in [0, 0.1) is 0 Å². The highest BCUT2D eigenvalue weighted by Gasteiger charge is 2.12. The summed E-state index contributed by atoms with van der Waals surface area (Å²) in [6.45, 7) is 0. The number of methoxy groups -OCH3 is 1. The van der Waals surface area contributed by atoms with Gasteiger partial charge in [0.1, 0.15) is 5.75 Å². The molecule has 6 heteroatoms. The van der Waals surface area contributed by atoms with Gasteiger partial charge in [-0.3, -0.25) is 0 Å². The molecule has 0 radical (unpaired) electrons. The SMILES string of the molecule is COc1cccc(Nc2nccc(C(=O)O)c2N)c1. The molecule has 2 aromatic rings. The molecule has 1 aromatic heterocycles. The predicted octanol–water partition coefficient (Wildman–Crippen LogP) is 2.11. The van der Waals surface area contributed by atoms with Crippen LogP contribution < -0.4 is 15.8 Å². The number of ether oxygens (including phenoxy) is 1. The third-order valence-corrected chi connectivity index (χ3v) is 2.55. The van der Waals surface area contributed by atoms with Gasteiger partial charge in [-0.05, 0) is 18.2 Å².